The summed E-state index contributed by atoms with van der Waals surface area (Å²) >= 11 is 0. The summed E-state index contributed by atoms with van der Waals surface area (Å²) in [6.07, 6.45) is 3.06. The van der Waals surface area contributed by atoms with Crippen LogP contribution in [0.5, 0.6) is 0 Å². The van der Waals surface area contributed by atoms with Gasteiger partial charge in [-0.2, -0.15) is 0 Å². The van der Waals surface area contributed by atoms with Crippen molar-refractivity contribution in [2.24, 2.45) is 0 Å². The average Bonchev–Trinajstić information content (AvgIpc) is 2.65. The molecule has 0 fully saturated rings. The number of hydrogen-bond acceptors (Lipinski definition) is 4. The Labute approximate surface area is 155 Å². The van der Waals surface area contributed by atoms with Crippen LogP contribution in [-0.2, 0) is 20.0 Å². The van der Waals surface area contributed by atoms with Crippen LogP contribution in [-0.4, -0.2) is 29.9 Å². The predicted octanol–water partition coefficient (Wildman–Crippen LogP) is 2.50. The molecule has 0 heterocycles. The largest absolute Gasteiger partial charge is 0.240 e. The van der Waals surface area contributed by atoms with Gasteiger partial charge in [-0.15, -0.1) is 0 Å². The van der Waals surface area contributed by atoms with E-state index in [0.717, 1.165) is 12.8 Å². The van der Waals surface area contributed by atoms with E-state index in [2.05, 4.69) is 9.44 Å². The molecule has 0 amide bonds. The number of benzene rings is 2. The quantitative estimate of drug-likeness (QED) is 0.571. The number of sulfonamides is 2. The molecule has 2 rings (SSSR count). The second-order valence-electron chi connectivity index (χ2n) is 5.84. The topological polar surface area (TPSA) is 92.3 Å². The summed E-state index contributed by atoms with van der Waals surface area (Å²) in [5.41, 5.74) is 0. The fourth-order valence-electron chi connectivity index (χ4n) is 2.38. The van der Waals surface area contributed by atoms with E-state index in [9.17, 15) is 16.8 Å². The Morgan fingerprint density at radius 3 is 1.23 bits per heavy atom. The molecule has 0 atom stereocenters. The Morgan fingerprint density at radius 1 is 0.538 bits per heavy atom. The van der Waals surface area contributed by atoms with Crippen LogP contribution >= 0.6 is 0 Å². The predicted molar refractivity (Wildman–Crippen MR) is 102 cm³/mol. The summed E-state index contributed by atoms with van der Waals surface area (Å²) < 4.78 is 53.2. The highest BCUT2D eigenvalue weighted by atomic mass is 32.2. The van der Waals surface area contributed by atoms with E-state index in [1.165, 1.54) is 0 Å². The first kappa shape index (κ1) is 20.6. The van der Waals surface area contributed by atoms with Gasteiger partial charge in [-0.1, -0.05) is 49.2 Å². The Balaban J connectivity index is 1.60. The number of nitrogens with one attached hydrogen (secondary N) is 2. The SMILES string of the molecule is O=S(=O)(NCCCCCCNS(=O)(=O)c1ccccc1)c1ccccc1. The second-order valence-corrected chi connectivity index (χ2v) is 9.37. The van der Waals surface area contributed by atoms with E-state index in [1.807, 2.05) is 0 Å². The van der Waals surface area contributed by atoms with Gasteiger partial charge in [0.15, 0.2) is 0 Å². The van der Waals surface area contributed by atoms with Crippen LogP contribution in [0.4, 0.5) is 0 Å². The molecular weight excluding hydrogens is 372 g/mol. The van der Waals surface area contributed by atoms with E-state index in [1.54, 1.807) is 60.7 Å². The lowest BCUT2D eigenvalue weighted by Gasteiger charge is -2.08. The van der Waals surface area contributed by atoms with Gasteiger partial charge in [-0.25, -0.2) is 26.3 Å². The smallest absolute Gasteiger partial charge is 0.211 e. The minimum absolute atomic E-state index is 0.260. The first-order valence-corrected chi connectivity index (χ1v) is 11.5. The van der Waals surface area contributed by atoms with Gasteiger partial charge in [0.25, 0.3) is 0 Å². The van der Waals surface area contributed by atoms with Crippen molar-refractivity contribution in [3.8, 4) is 0 Å². The molecule has 142 valence electrons. The monoisotopic (exact) mass is 396 g/mol. The zero-order chi connectivity index (χ0) is 18.9. The third-order valence-corrected chi connectivity index (χ3v) is 6.75. The normalized spacial score (nSPS) is 12.2. The van der Waals surface area contributed by atoms with Crippen LogP contribution in [0.15, 0.2) is 70.5 Å². The minimum atomic E-state index is -3.45. The van der Waals surface area contributed by atoms with Gasteiger partial charge < -0.3 is 0 Å². The molecule has 0 aliphatic carbocycles. The highest BCUT2D eigenvalue weighted by Gasteiger charge is 2.13. The lowest BCUT2D eigenvalue weighted by molar-refractivity contribution is 0.562. The molecule has 0 aliphatic rings. The molecule has 0 bridgehead atoms. The first-order chi connectivity index (χ1) is 12.4. The van der Waals surface area contributed by atoms with Gasteiger partial charge in [0.05, 0.1) is 9.79 Å². The zero-order valence-corrected chi connectivity index (χ0v) is 16.1. The number of rotatable bonds is 11. The van der Waals surface area contributed by atoms with Crippen LogP contribution in [0.2, 0.25) is 0 Å². The highest BCUT2D eigenvalue weighted by molar-refractivity contribution is 7.89. The van der Waals surface area contributed by atoms with Crippen molar-refractivity contribution in [2.75, 3.05) is 13.1 Å². The fraction of sp³-hybridized carbons (Fsp3) is 0.333. The molecule has 0 spiro atoms. The van der Waals surface area contributed by atoms with Crippen molar-refractivity contribution in [1.29, 1.82) is 0 Å². The molecule has 26 heavy (non-hydrogen) atoms. The molecule has 6 nitrogen and oxygen atoms in total. The summed E-state index contributed by atoms with van der Waals surface area (Å²) in [6.45, 7) is 0.736. The van der Waals surface area contributed by atoms with E-state index in [-0.39, 0.29) is 9.79 Å². The van der Waals surface area contributed by atoms with E-state index in [4.69, 9.17) is 0 Å². The van der Waals surface area contributed by atoms with Gasteiger partial charge in [-0.3, -0.25) is 0 Å². The van der Waals surface area contributed by atoms with E-state index >= 15 is 0 Å². The molecule has 2 aromatic carbocycles. The lowest BCUT2D eigenvalue weighted by Crippen LogP contribution is -2.25. The van der Waals surface area contributed by atoms with Gasteiger partial charge >= 0.3 is 0 Å². The first-order valence-electron chi connectivity index (χ1n) is 8.51. The third kappa shape index (κ3) is 6.53. The molecule has 0 aliphatic heterocycles. The van der Waals surface area contributed by atoms with Crippen molar-refractivity contribution < 1.29 is 16.8 Å². The van der Waals surface area contributed by atoms with Crippen molar-refractivity contribution in [3.05, 3.63) is 60.7 Å². The molecule has 0 radical (unpaired) electrons. The summed E-state index contributed by atoms with van der Waals surface area (Å²) in [5, 5.41) is 0. The van der Waals surface area contributed by atoms with Crippen LogP contribution in [0, 0.1) is 0 Å². The maximum Gasteiger partial charge on any atom is 0.240 e. The summed E-state index contributed by atoms with van der Waals surface area (Å²) in [6, 6.07) is 16.5. The highest BCUT2D eigenvalue weighted by Crippen LogP contribution is 2.09. The summed E-state index contributed by atoms with van der Waals surface area (Å²) in [5.74, 6) is 0. The second kappa shape index (κ2) is 9.82. The lowest BCUT2D eigenvalue weighted by atomic mass is 10.2. The third-order valence-electron chi connectivity index (χ3n) is 3.79. The van der Waals surface area contributed by atoms with Gasteiger partial charge in [0.2, 0.25) is 20.0 Å². The molecular formula is C18H24N2O4S2. The van der Waals surface area contributed by atoms with Crippen molar-refractivity contribution >= 4 is 20.0 Å². The van der Waals surface area contributed by atoms with Crippen LogP contribution in [0.3, 0.4) is 0 Å². The maximum atomic E-state index is 12.0. The Morgan fingerprint density at radius 2 is 0.885 bits per heavy atom. The molecule has 2 N–H and O–H groups in total. The molecule has 0 aromatic heterocycles. The van der Waals surface area contributed by atoms with E-state index in [0.29, 0.717) is 25.9 Å². The van der Waals surface area contributed by atoms with Crippen LogP contribution in [0.1, 0.15) is 25.7 Å². The van der Waals surface area contributed by atoms with Gasteiger partial charge in [-0.05, 0) is 37.1 Å². The standard InChI is InChI=1S/C18H24N2O4S2/c21-25(22,17-11-5-3-6-12-17)19-15-9-1-2-10-16-20-26(23,24)18-13-7-4-8-14-18/h3-8,11-14,19-20H,1-2,9-10,15-16H2. The number of hydrogen-bond donors (Lipinski definition) is 2. The van der Waals surface area contributed by atoms with Gasteiger partial charge in [0, 0.05) is 13.1 Å². The Bertz CT molecular complexity index is 792. The van der Waals surface area contributed by atoms with Gasteiger partial charge in [0.1, 0.15) is 0 Å². The molecule has 0 saturated carbocycles. The summed E-state index contributed by atoms with van der Waals surface area (Å²) in [7, 11) is -6.90. The molecule has 0 saturated heterocycles. The van der Waals surface area contributed by atoms with Crippen molar-refractivity contribution in [3.63, 3.8) is 0 Å². The van der Waals surface area contributed by atoms with Crippen LogP contribution in [0.25, 0.3) is 0 Å². The molecule has 2 aromatic rings. The molecule has 0 unspecified atom stereocenters. The molecule has 8 heteroatoms. The average molecular weight is 397 g/mol. The zero-order valence-electron chi connectivity index (χ0n) is 14.5. The maximum absolute atomic E-state index is 12.0. The van der Waals surface area contributed by atoms with Crippen molar-refractivity contribution in [2.45, 2.75) is 35.5 Å². The van der Waals surface area contributed by atoms with Crippen LogP contribution < -0.4 is 9.44 Å². The number of unbranched alkanes of at least 4 members (excludes halogenated alkanes) is 3. The summed E-state index contributed by atoms with van der Waals surface area (Å²) in [4.78, 5) is 0.519. The fourth-order valence-corrected chi connectivity index (χ4v) is 4.57. The van der Waals surface area contributed by atoms with Crippen molar-refractivity contribution in [1.82, 2.24) is 9.44 Å². The Kier molecular flexibility index (Phi) is 7.77. The Hall–Kier alpha value is -1.74. The minimum Gasteiger partial charge on any atom is -0.211 e. The van der Waals surface area contributed by atoms with E-state index < -0.39 is 20.0 Å².